The van der Waals surface area contributed by atoms with E-state index in [-0.39, 0.29) is 23.9 Å². The van der Waals surface area contributed by atoms with Gasteiger partial charge >= 0.3 is 0 Å². The van der Waals surface area contributed by atoms with Crippen LogP contribution in [0.15, 0.2) is 95.9 Å². The van der Waals surface area contributed by atoms with E-state index in [1.165, 1.54) is 9.21 Å². The molecule has 228 valence electrons. The molecule has 0 unspecified atom stereocenters. The number of nitrogens with one attached hydrogen (secondary N) is 1. The molecule has 0 aliphatic carbocycles. The molecule has 2 amide bonds. The molecule has 1 N–H and O–H groups in total. The standard InChI is InChI=1S/C35H37N3O5S/c1-24-14-16-29(17-15-24)21-37(44(41,42)34-26(3)18-25(2)19-27(34)4)23-33(39)38-22-32(43-31-13-9-8-12-30(31)38)35(40)36-20-28-10-6-5-7-11-28/h5-19,32H,20-23H2,1-4H3,(H,36,40)/t32-/m1/s1. The van der Waals surface area contributed by atoms with Gasteiger partial charge in [0.15, 0.2) is 6.10 Å². The summed E-state index contributed by atoms with van der Waals surface area (Å²) in [4.78, 5) is 29.0. The van der Waals surface area contributed by atoms with Crippen LogP contribution in [0.5, 0.6) is 5.75 Å². The van der Waals surface area contributed by atoms with Crippen LogP contribution in [0.2, 0.25) is 0 Å². The predicted molar refractivity (Wildman–Crippen MR) is 171 cm³/mol. The molecular formula is C35H37N3O5S. The Bertz CT molecular complexity index is 1750. The first-order chi connectivity index (χ1) is 21.0. The van der Waals surface area contributed by atoms with Gasteiger partial charge in [-0.15, -0.1) is 0 Å². The van der Waals surface area contributed by atoms with Gasteiger partial charge in [0.1, 0.15) is 5.75 Å². The average molecular weight is 612 g/mol. The second kappa shape index (κ2) is 13.0. The molecule has 0 saturated heterocycles. The molecule has 1 aliphatic heterocycles. The molecule has 9 heteroatoms. The van der Waals surface area contributed by atoms with Gasteiger partial charge in [-0.05, 0) is 62.1 Å². The molecule has 0 aromatic heterocycles. The number of nitrogens with zero attached hydrogens (tertiary/aromatic N) is 2. The van der Waals surface area contributed by atoms with E-state index in [1.54, 1.807) is 38.1 Å². The normalized spacial score (nSPS) is 14.6. The summed E-state index contributed by atoms with van der Waals surface area (Å²) in [6.45, 7) is 7.27. The maximum absolute atomic E-state index is 14.3. The van der Waals surface area contributed by atoms with Crippen molar-refractivity contribution in [2.45, 2.75) is 51.8 Å². The topological polar surface area (TPSA) is 96.0 Å². The average Bonchev–Trinajstić information content (AvgIpc) is 2.99. The van der Waals surface area contributed by atoms with Gasteiger partial charge < -0.3 is 15.0 Å². The van der Waals surface area contributed by atoms with E-state index in [1.807, 2.05) is 80.6 Å². The molecule has 0 fully saturated rings. The van der Waals surface area contributed by atoms with Crippen LogP contribution in [-0.4, -0.2) is 43.7 Å². The highest BCUT2D eigenvalue weighted by Crippen LogP contribution is 2.34. The number of anilines is 1. The molecule has 1 atom stereocenters. The van der Waals surface area contributed by atoms with Crippen molar-refractivity contribution < 1.29 is 22.7 Å². The van der Waals surface area contributed by atoms with Crippen molar-refractivity contribution in [2.24, 2.45) is 0 Å². The minimum absolute atomic E-state index is 0.00802. The fraction of sp³-hybridized carbons (Fsp3) is 0.257. The summed E-state index contributed by atoms with van der Waals surface area (Å²) in [7, 11) is -4.09. The second-order valence-corrected chi connectivity index (χ2v) is 13.1. The predicted octanol–water partition coefficient (Wildman–Crippen LogP) is 5.22. The van der Waals surface area contributed by atoms with Crippen LogP contribution >= 0.6 is 0 Å². The third kappa shape index (κ3) is 6.85. The van der Waals surface area contributed by atoms with Gasteiger partial charge in [-0.25, -0.2) is 8.42 Å². The maximum Gasteiger partial charge on any atom is 0.263 e. The van der Waals surface area contributed by atoms with Gasteiger partial charge in [0.2, 0.25) is 15.9 Å². The summed E-state index contributed by atoms with van der Waals surface area (Å²) in [5.74, 6) is -0.443. The van der Waals surface area contributed by atoms with E-state index >= 15 is 0 Å². The summed E-state index contributed by atoms with van der Waals surface area (Å²) in [6.07, 6.45) is -0.971. The Morgan fingerprint density at radius 1 is 0.841 bits per heavy atom. The largest absolute Gasteiger partial charge is 0.477 e. The number of benzene rings is 4. The summed E-state index contributed by atoms with van der Waals surface area (Å²) in [5, 5.41) is 2.89. The first-order valence-corrected chi connectivity index (χ1v) is 16.0. The number of sulfonamides is 1. The van der Waals surface area contributed by atoms with Crippen LogP contribution in [0.3, 0.4) is 0 Å². The summed E-state index contributed by atoms with van der Waals surface area (Å²) in [5.41, 5.74) is 5.43. The van der Waals surface area contributed by atoms with Crippen LogP contribution in [-0.2, 0) is 32.7 Å². The third-order valence-corrected chi connectivity index (χ3v) is 9.77. The van der Waals surface area contributed by atoms with Gasteiger partial charge in [-0.1, -0.05) is 90.0 Å². The molecule has 0 spiro atoms. The van der Waals surface area contributed by atoms with E-state index in [9.17, 15) is 18.0 Å². The van der Waals surface area contributed by atoms with Gasteiger partial charge in [0.25, 0.3) is 5.91 Å². The highest BCUT2D eigenvalue weighted by Gasteiger charge is 2.37. The molecule has 0 saturated carbocycles. The van der Waals surface area contributed by atoms with Crippen molar-refractivity contribution in [3.63, 3.8) is 0 Å². The number of carbonyl (C=O) groups excluding carboxylic acids is 2. The number of fused-ring (bicyclic) bond motifs is 1. The Kier molecular flexibility index (Phi) is 9.17. The second-order valence-electron chi connectivity index (χ2n) is 11.3. The third-order valence-electron chi connectivity index (χ3n) is 7.67. The first kappa shape index (κ1) is 31.0. The molecule has 4 aromatic rings. The Morgan fingerprint density at radius 3 is 2.16 bits per heavy atom. The minimum atomic E-state index is -4.09. The molecule has 0 bridgehead atoms. The van der Waals surface area contributed by atoms with Crippen LogP contribution in [0.25, 0.3) is 0 Å². The van der Waals surface area contributed by atoms with Crippen molar-refractivity contribution in [1.29, 1.82) is 0 Å². The van der Waals surface area contributed by atoms with Gasteiger partial charge in [0.05, 0.1) is 23.7 Å². The van der Waals surface area contributed by atoms with Crippen LogP contribution < -0.4 is 15.0 Å². The Morgan fingerprint density at radius 2 is 1.48 bits per heavy atom. The number of hydrogen-bond acceptors (Lipinski definition) is 5. The summed E-state index contributed by atoms with van der Waals surface area (Å²) >= 11 is 0. The van der Waals surface area contributed by atoms with E-state index in [4.69, 9.17) is 4.74 Å². The summed E-state index contributed by atoms with van der Waals surface area (Å²) < 4.78 is 35.8. The zero-order chi connectivity index (χ0) is 31.4. The summed E-state index contributed by atoms with van der Waals surface area (Å²) in [6, 6.07) is 27.7. The van der Waals surface area contributed by atoms with Crippen molar-refractivity contribution in [2.75, 3.05) is 18.0 Å². The van der Waals surface area contributed by atoms with Crippen LogP contribution in [0, 0.1) is 27.7 Å². The van der Waals surface area contributed by atoms with Crippen LogP contribution in [0.1, 0.15) is 33.4 Å². The zero-order valence-corrected chi connectivity index (χ0v) is 26.2. The lowest BCUT2D eigenvalue weighted by molar-refractivity contribution is -0.128. The van der Waals surface area contributed by atoms with Crippen molar-refractivity contribution in [3.8, 4) is 5.75 Å². The van der Waals surface area contributed by atoms with E-state index in [0.29, 0.717) is 29.1 Å². The van der Waals surface area contributed by atoms with Crippen molar-refractivity contribution in [3.05, 3.63) is 124 Å². The molecule has 1 aliphatic rings. The monoisotopic (exact) mass is 611 g/mol. The number of amides is 2. The van der Waals surface area contributed by atoms with Gasteiger partial charge in [-0.2, -0.15) is 4.31 Å². The number of rotatable bonds is 9. The molecular weight excluding hydrogens is 574 g/mol. The lowest BCUT2D eigenvalue weighted by Crippen LogP contribution is -2.52. The highest BCUT2D eigenvalue weighted by atomic mass is 32.2. The molecule has 8 nitrogen and oxygen atoms in total. The SMILES string of the molecule is Cc1ccc(CN(CC(=O)N2C[C@H](C(=O)NCc3ccccc3)Oc3ccccc32)S(=O)(=O)c2c(C)cc(C)cc2C)cc1. The number of ether oxygens (including phenoxy) is 1. The van der Waals surface area contributed by atoms with Gasteiger partial charge in [0, 0.05) is 13.1 Å². The van der Waals surface area contributed by atoms with Crippen LogP contribution in [0.4, 0.5) is 5.69 Å². The Labute approximate surface area is 259 Å². The fourth-order valence-electron chi connectivity index (χ4n) is 5.57. The minimum Gasteiger partial charge on any atom is -0.477 e. The van der Waals surface area contributed by atoms with Crippen molar-refractivity contribution >= 4 is 27.5 Å². The Hall–Kier alpha value is -4.47. The zero-order valence-electron chi connectivity index (χ0n) is 25.4. The Balaban J connectivity index is 1.44. The molecule has 5 rings (SSSR count). The quantitative estimate of drug-likeness (QED) is 0.280. The number of hydrogen-bond donors (Lipinski definition) is 1. The van der Waals surface area contributed by atoms with Crippen molar-refractivity contribution in [1.82, 2.24) is 9.62 Å². The smallest absolute Gasteiger partial charge is 0.263 e. The molecule has 0 radical (unpaired) electrons. The first-order valence-electron chi connectivity index (χ1n) is 14.5. The van der Waals surface area contributed by atoms with E-state index in [2.05, 4.69) is 5.32 Å². The number of aryl methyl sites for hydroxylation is 4. The lowest BCUT2D eigenvalue weighted by atomic mass is 10.1. The molecule has 1 heterocycles. The number of carbonyl (C=O) groups is 2. The maximum atomic E-state index is 14.3. The fourth-order valence-corrected chi connectivity index (χ4v) is 7.36. The highest BCUT2D eigenvalue weighted by molar-refractivity contribution is 7.89. The van der Waals surface area contributed by atoms with E-state index in [0.717, 1.165) is 22.3 Å². The lowest BCUT2D eigenvalue weighted by Gasteiger charge is -2.35. The molecule has 44 heavy (non-hydrogen) atoms. The van der Waals surface area contributed by atoms with Gasteiger partial charge in [-0.3, -0.25) is 9.59 Å². The van der Waals surface area contributed by atoms with E-state index < -0.39 is 28.6 Å². The number of para-hydroxylation sites is 2. The molecule has 4 aromatic carbocycles.